The third-order valence-corrected chi connectivity index (χ3v) is 5.67. The van der Waals surface area contributed by atoms with Gasteiger partial charge in [-0.2, -0.15) is 0 Å². The number of carbonyl (C=O) groups is 2. The lowest BCUT2D eigenvalue weighted by molar-refractivity contribution is -0.119. The lowest BCUT2D eigenvalue weighted by atomic mass is 10.0. The fourth-order valence-corrected chi connectivity index (χ4v) is 4.15. The van der Waals surface area contributed by atoms with Crippen LogP contribution in [-0.2, 0) is 14.7 Å². The first-order chi connectivity index (χ1) is 13.2. The van der Waals surface area contributed by atoms with Crippen LogP contribution < -0.4 is 15.8 Å². The van der Waals surface area contributed by atoms with Gasteiger partial charge in [-0.3, -0.25) is 4.79 Å². The van der Waals surface area contributed by atoms with Gasteiger partial charge < -0.3 is 11.1 Å². The van der Waals surface area contributed by atoms with Crippen LogP contribution in [-0.4, -0.2) is 22.2 Å². The minimum Gasteiger partial charge on any atom is -0.320 e. The number of benzene rings is 2. The Labute approximate surface area is 170 Å². The minimum absolute atomic E-state index is 0.105. The summed E-state index contributed by atoms with van der Waals surface area (Å²) in [6.45, 7) is 3.82. The Kier molecular flexibility index (Phi) is 7.56. The topological polar surface area (TPSA) is 114 Å². The molecule has 7 nitrogen and oxygen atoms in total. The first kappa shape index (κ1) is 21.9. The van der Waals surface area contributed by atoms with Crippen LogP contribution in [0.2, 0.25) is 5.02 Å². The second-order valence-electron chi connectivity index (χ2n) is 6.57. The van der Waals surface area contributed by atoms with Crippen LogP contribution in [0, 0.1) is 5.92 Å². The molecular formula is C19H23ClN4O3S. The molecule has 0 bridgehead atoms. The molecule has 0 heterocycles. The highest BCUT2D eigenvalue weighted by molar-refractivity contribution is 7.92. The summed E-state index contributed by atoms with van der Waals surface area (Å²) in [5.41, 5.74) is 6.36. The minimum atomic E-state index is -3.64. The number of anilines is 1. The maximum Gasteiger partial charge on any atom is 0.331 e. The Morgan fingerprint density at radius 2 is 1.82 bits per heavy atom. The van der Waals surface area contributed by atoms with Gasteiger partial charge in [0.25, 0.3) is 5.91 Å². The van der Waals surface area contributed by atoms with Crippen LogP contribution in [0.1, 0.15) is 20.3 Å². The molecule has 0 aliphatic carbocycles. The van der Waals surface area contributed by atoms with Gasteiger partial charge in [0, 0.05) is 10.7 Å². The third-order valence-electron chi connectivity index (χ3n) is 3.64. The molecule has 9 heteroatoms. The predicted octanol–water partition coefficient (Wildman–Crippen LogP) is 3.80. The Morgan fingerprint density at radius 3 is 2.43 bits per heavy atom. The molecule has 0 saturated carbocycles. The van der Waals surface area contributed by atoms with Gasteiger partial charge in [0.1, 0.15) is 0 Å². The molecule has 28 heavy (non-hydrogen) atoms. The predicted molar refractivity (Wildman–Crippen MR) is 111 cm³/mol. The van der Waals surface area contributed by atoms with Crippen molar-refractivity contribution < 1.29 is 13.8 Å². The highest BCUT2D eigenvalue weighted by atomic mass is 35.5. The second-order valence-corrected chi connectivity index (χ2v) is 8.92. The Balaban J connectivity index is 2.36. The molecule has 2 aromatic carbocycles. The molecule has 0 saturated heterocycles. The van der Waals surface area contributed by atoms with Crippen molar-refractivity contribution in [3.63, 3.8) is 0 Å². The molecule has 150 valence electrons. The molecule has 0 aliphatic heterocycles. The van der Waals surface area contributed by atoms with E-state index in [1.165, 1.54) is 12.1 Å². The number of carbonyl (C=O) groups excluding carboxylic acids is 2. The van der Waals surface area contributed by atoms with Crippen molar-refractivity contribution in [2.75, 3.05) is 5.32 Å². The number of nitrogens with two attached hydrogens (primary N) is 1. The number of urea groups is 1. The van der Waals surface area contributed by atoms with Gasteiger partial charge in [-0.05, 0) is 42.7 Å². The normalized spacial score (nSPS) is 14.0. The maximum atomic E-state index is 13.5. The van der Waals surface area contributed by atoms with Gasteiger partial charge in [0.2, 0.25) is 0 Å². The molecule has 2 rings (SSSR count). The van der Waals surface area contributed by atoms with Crippen molar-refractivity contribution in [1.29, 1.82) is 0 Å². The third kappa shape index (κ3) is 6.33. The smallest absolute Gasteiger partial charge is 0.320 e. The Morgan fingerprint density at radius 1 is 1.14 bits per heavy atom. The van der Waals surface area contributed by atoms with E-state index in [4.69, 9.17) is 17.3 Å². The van der Waals surface area contributed by atoms with Crippen LogP contribution in [0.5, 0.6) is 0 Å². The van der Waals surface area contributed by atoms with E-state index >= 15 is 0 Å². The zero-order valence-electron chi connectivity index (χ0n) is 15.6. The molecule has 0 fully saturated rings. The highest BCUT2D eigenvalue weighted by Crippen LogP contribution is 2.18. The van der Waals surface area contributed by atoms with E-state index in [-0.39, 0.29) is 10.8 Å². The zero-order chi connectivity index (χ0) is 20.7. The quantitative estimate of drug-likeness (QED) is 0.656. The summed E-state index contributed by atoms with van der Waals surface area (Å²) in [5, 5.41) is 2.85. The molecule has 2 unspecified atom stereocenters. The number of hydrogen-bond acceptors (Lipinski definition) is 4. The molecule has 4 N–H and O–H groups in total. The van der Waals surface area contributed by atoms with Gasteiger partial charge >= 0.3 is 6.03 Å². The summed E-state index contributed by atoms with van der Waals surface area (Å²) in [4.78, 5) is 24.9. The molecular weight excluding hydrogens is 400 g/mol. The van der Waals surface area contributed by atoms with E-state index in [0.717, 1.165) is 0 Å². The van der Waals surface area contributed by atoms with Crippen LogP contribution in [0.3, 0.4) is 0 Å². The summed E-state index contributed by atoms with van der Waals surface area (Å²) in [6, 6.07) is 12.9. The largest absolute Gasteiger partial charge is 0.331 e. The molecule has 0 aliphatic rings. The van der Waals surface area contributed by atoms with Gasteiger partial charge in [-0.25, -0.2) is 13.7 Å². The van der Waals surface area contributed by atoms with Crippen molar-refractivity contribution >= 4 is 39.1 Å². The number of hydrogen-bond donors (Lipinski definition) is 3. The SMILES string of the molecule is CC(C)CC(N)C(=O)N=S(=O)(NC(=O)Nc1ccccc1)c1cccc(Cl)c1. The van der Waals surface area contributed by atoms with Gasteiger partial charge in [-0.15, -0.1) is 4.36 Å². The van der Waals surface area contributed by atoms with Gasteiger partial charge in [0.05, 0.1) is 10.9 Å². The van der Waals surface area contributed by atoms with E-state index in [0.29, 0.717) is 17.1 Å². The van der Waals surface area contributed by atoms with Crippen molar-refractivity contribution in [1.82, 2.24) is 4.72 Å². The number of nitrogens with zero attached hydrogens (tertiary/aromatic N) is 1. The Bertz CT molecular complexity index is 957. The van der Waals surface area contributed by atoms with Crippen LogP contribution in [0.15, 0.2) is 63.9 Å². The van der Waals surface area contributed by atoms with Crippen molar-refractivity contribution in [3.05, 3.63) is 59.6 Å². The summed E-state index contributed by atoms with van der Waals surface area (Å²) in [6.07, 6.45) is 0.379. The number of rotatable bonds is 6. The molecule has 0 spiro atoms. The number of amides is 3. The van der Waals surface area contributed by atoms with Crippen molar-refractivity contribution in [3.8, 4) is 0 Å². The van der Waals surface area contributed by atoms with Crippen molar-refractivity contribution in [2.24, 2.45) is 16.0 Å². The van der Waals surface area contributed by atoms with Gasteiger partial charge in [0.15, 0.2) is 9.92 Å². The average molecular weight is 423 g/mol. The van der Waals surface area contributed by atoms with E-state index in [1.807, 2.05) is 13.8 Å². The Hall–Kier alpha value is -2.42. The zero-order valence-corrected chi connectivity index (χ0v) is 17.2. The van der Waals surface area contributed by atoms with E-state index < -0.39 is 27.9 Å². The van der Waals surface area contributed by atoms with Crippen LogP contribution >= 0.6 is 11.6 Å². The standard InChI is InChI=1S/C19H23ClN4O3S/c1-13(2)11-17(21)18(25)23-28(27,16-10-6-7-14(20)12-16)24-19(26)22-15-8-4-3-5-9-15/h3-10,12-13,17H,11,21H2,1-2H3,(H2,22,23,24,25,26,27). The molecule has 0 radical (unpaired) electrons. The van der Waals surface area contributed by atoms with E-state index in [2.05, 4.69) is 14.4 Å². The first-order valence-electron chi connectivity index (χ1n) is 8.65. The lowest BCUT2D eigenvalue weighted by Gasteiger charge is -2.15. The van der Waals surface area contributed by atoms with Crippen molar-refractivity contribution in [2.45, 2.75) is 31.2 Å². The molecule has 0 aromatic heterocycles. The lowest BCUT2D eigenvalue weighted by Crippen LogP contribution is -2.37. The number of para-hydroxylation sites is 1. The number of nitrogens with one attached hydrogen (secondary N) is 2. The summed E-state index contributed by atoms with van der Waals surface area (Å²) >= 11 is 5.98. The fourth-order valence-electron chi connectivity index (χ4n) is 2.38. The van der Waals surface area contributed by atoms with E-state index in [9.17, 15) is 13.8 Å². The monoisotopic (exact) mass is 422 g/mol. The van der Waals surface area contributed by atoms with Gasteiger partial charge in [-0.1, -0.05) is 49.7 Å². The maximum absolute atomic E-state index is 13.5. The highest BCUT2D eigenvalue weighted by Gasteiger charge is 2.22. The molecule has 3 amide bonds. The molecule has 2 atom stereocenters. The molecule has 2 aromatic rings. The van der Waals surface area contributed by atoms with E-state index in [1.54, 1.807) is 42.5 Å². The first-order valence-corrected chi connectivity index (χ1v) is 10.5. The summed E-state index contributed by atoms with van der Waals surface area (Å²) in [5.74, 6) is -0.593. The van der Waals surface area contributed by atoms with Crippen LogP contribution in [0.4, 0.5) is 10.5 Å². The summed E-state index contributed by atoms with van der Waals surface area (Å²) in [7, 11) is -3.64. The second kappa shape index (κ2) is 9.68. The average Bonchev–Trinajstić information content (AvgIpc) is 2.61. The fraction of sp³-hybridized carbons (Fsp3) is 0.263. The number of halogens is 1. The summed E-state index contributed by atoms with van der Waals surface area (Å²) < 4.78 is 19.6. The van der Waals surface area contributed by atoms with Crippen LogP contribution in [0.25, 0.3) is 0 Å².